The molecule has 1 amide bonds. The first-order chi connectivity index (χ1) is 12.0. The van der Waals surface area contributed by atoms with Gasteiger partial charge in [-0.15, -0.1) is 0 Å². The molecule has 0 saturated heterocycles. The number of carbonyl (C=O) groups is 1. The molecule has 0 aliphatic heterocycles. The molecule has 0 radical (unpaired) electrons. The van der Waals surface area contributed by atoms with Gasteiger partial charge < -0.3 is 15.0 Å². The zero-order valence-corrected chi connectivity index (χ0v) is 14.8. The summed E-state index contributed by atoms with van der Waals surface area (Å²) in [6.07, 6.45) is 3.13. The first-order valence-corrected chi connectivity index (χ1v) is 7.84. The van der Waals surface area contributed by atoms with Crippen LogP contribution in [-0.2, 0) is 11.8 Å². The lowest BCUT2D eigenvalue weighted by Gasteiger charge is -2.18. The number of amides is 1. The highest BCUT2D eigenvalue weighted by molar-refractivity contribution is 6.31. The van der Waals surface area contributed by atoms with E-state index in [1.807, 2.05) is 0 Å². The van der Waals surface area contributed by atoms with Crippen molar-refractivity contribution in [1.29, 1.82) is 0 Å². The van der Waals surface area contributed by atoms with E-state index in [-0.39, 0.29) is 12.5 Å². The summed E-state index contributed by atoms with van der Waals surface area (Å²) in [7, 11) is 5.12. The molecule has 2 aromatic heterocycles. The van der Waals surface area contributed by atoms with Gasteiger partial charge in [0.1, 0.15) is 17.9 Å². The molecule has 0 unspecified atom stereocenters. The molecule has 3 rings (SSSR count). The van der Waals surface area contributed by atoms with Crippen molar-refractivity contribution in [3.8, 4) is 5.75 Å². The van der Waals surface area contributed by atoms with Gasteiger partial charge in [0.25, 0.3) is 0 Å². The quantitative estimate of drug-likeness (QED) is 0.750. The first-order valence-electron chi connectivity index (χ1n) is 7.47. The zero-order chi connectivity index (χ0) is 18.0. The predicted octanol–water partition coefficient (Wildman–Crippen LogP) is 2.10. The maximum Gasteiger partial charge on any atom is 0.244 e. The Balaban J connectivity index is 1.77. The molecular weight excluding hydrogens is 344 g/mol. The van der Waals surface area contributed by atoms with Crippen LogP contribution >= 0.6 is 11.6 Å². The lowest BCUT2D eigenvalue weighted by atomic mass is 10.3. The van der Waals surface area contributed by atoms with Crippen LogP contribution in [0.1, 0.15) is 0 Å². The van der Waals surface area contributed by atoms with Crippen molar-refractivity contribution in [2.75, 3.05) is 30.9 Å². The summed E-state index contributed by atoms with van der Waals surface area (Å²) in [6.45, 7) is 0.0939. The third kappa shape index (κ3) is 3.48. The molecule has 130 valence electrons. The number of ether oxygens (including phenoxy) is 1. The fraction of sp³-hybridized carbons (Fsp3) is 0.250. The highest BCUT2D eigenvalue weighted by atomic mass is 35.5. The minimum absolute atomic E-state index is 0.0939. The molecule has 0 fully saturated rings. The van der Waals surface area contributed by atoms with E-state index in [0.29, 0.717) is 27.9 Å². The smallest absolute Gasteiger partial charge is 0.244 e. The number of likely N-dealkylation sites (N-methyl/N-ethyl adjacent to an activating group) is 1. The number of benzene rings is 1. The molecule has 1 N–H and O–H groups in total. The molecule has 2 heterocycles. The number of aryl methyl sites for hydroxylation is 1. The second-order valence-electron chi connectivity index (χ2n) is 5.45. The Hall–Kier alpha value is -2.87. The van der Waals surface area contributed by atoms with Crippen LogP contribution in [0.5, 0.6) is 5.75 Å². The Morgan fingerprint density at radius 3 is 2.96 bits per heavy atom. The Kier molecular flexibility index (Phi) is 4.71. The number of aromatic nitrogens is 4. The van der Waals surface area contributed by atoms with E-state index in [4.69, 9.17) is 16.3 Å². The van der Waals surface area contributed by atoms with Crippen LogP contribution in [0.2, 0.25) is 5.02 Å². The van der Waals surface area contributed by atoms with Crippen molar-refractivity contribution in [2.45, 2.75) is 0 Å². The number of rotatable bonds is 5. The lowest BCUT2D eigenvalue weighted by molar-refractivity contribution is -0.114. The molecule has 9 heteroatoms. The van der Waals surface area contributed by atoms with Crippen LogP contribution in [0.15, 0.2) is 30.7 Å². The van der Waals surface area contributed by atoms with E-state index in [1.165, 1.54) is 13.4 Å². The van der Waals surface area contributed by atoms with Crippen LogP contribution < -0.4 is 15.0 Å². The fourth-order valence-electron chi connectivity index (χ4n) is 2.51. The van der Waals surface area contributed by atoms with Gasteiger partial charge in [-0.05, 0) is 18.2 Å². The summed E-state index contributed by atoms with van der Waals surface area (Å²) in [4.78, 5) is 22.6. The topological polar surface area (TPSA) is 85.2 Å². The SMILES string of the molecule is COc1ccc(Cl)cc1NC(=O)CN(C)c1ncnc2c1cnn2C. The molecule has 3 aromatic rings. The highest BCUT2D eigenvalue weighted by Crippen LogP contribution is 2.28. The Morgan fingerprint density at radius 2 is 2.20 bits per heavy atom. The van der Waals surface area contributed by atoms with Crippen LogP contribution in [0.3, 0.4) is 0 Å². The van der Waals surface area contributed by atoms with Crippen molar-refractivity contribution in [3.63, 3.8) is 0 Å². The normalized spacial score (nSPS) is 10.7. The molecule has 0 aliphatic rings. The number of hydrogen-bond acceptors (Lipinski definition) is 6. The van der Waals surface area contributed by atoms with Gasteiger partial charge in [-0.25, -0.2) is 9.97 Å². The number of nitrogens with zero attached hydrogens (tertiary/aromatic N) is 5. The summed E-state index contributed by atoms with van der Waals surface area (Å²) >= 11 is 5.98. The maximum absolute atomic E-state index is 12.4. The van der Waals surface area contributed by atoms with Gasteiger partial charge in [0.2, 0.25) is 5.91 Å². The van der Waals surface area contributed by atoms with Gasteiger partial charge in [0.15, 0.2) is 5.65 Å². The van der Waals surface area contributed by atoms with Crippen molar-refractivity contribution < 1.29 is 9.53 Å². The van der Waals surface area contributed by atoms with Gasteiger partial charge in [-0.2, -0.15) is 5.10 Å². The van der Waals surface area contributed by atoms with E-state index >= 15 is 0 Å². The Bertz CT molecular complexity index is 926. The lowest BCUT2D eigenvalue weighted by Crippen LogP contribution is -2.30. The highest BCUT2D eigenvalue weighted by Gasteiger charge is 2.15. The van der Waals surface area contributed by atoms with Gasteiger partial charge >= 0.3 is 0 Å². The van der Waals surface area contributed by atoms with E-state index in [9.17, 15) is 4.79 Å². The zero-order valence-electron chi connectivity index (χ0n) is 14.0. The number of methoxy groups -OCH3 is 1. The third-order valence-electron chi connectivity index (χ3n) is 3.69. The summed E-state index contributed by atoms with van der Waals surface area (Å²) < 4.78 is 6.89. The molecule has 0 atom stereocenters. The largest absolute Gasteiger partial charge is 0.495 e. The monoisotopic (exact) mass is 360 g/mol. The van der Waals surface area contributed by atoms with Crippen molar-refractivity contribution in [3.05, 3.63) is 35.7 Å². The van der Waals surface area contributed by atoms with E-state index in [1.54, 1.807) is 48.1 Å². The van der Waals surface area contributed by atoms with Crippen molar-refractivity contribution >= 4 is 40.0 Å². The summed E-state index contributed by atoms with van der Waals surface area (Å²) in [5, 5.41) is 8.27. The van der Waals surface area contributed by atoms with Crippen molar-refractivity contribution in [2.24, 2.45) is 7.05 Å². The maximum atomic E-state index is 12.4. The summed E-state index contributed by atoms with van der Waals surface area (Å²) in [5.41, 5.74) is 1.22. The van der Waals surface area contributed by atoms with Crippen molar-refractivity contribution in [1.82, 2.24) is 19.7 Å². The molecule has 8 nitrogen and oxygen atoms in total. The minimum Gasteiger partial charge on any atom is -0.495 e. The van der Waals surface area contributed by atoms with Gasteiger partial charge in [-0.1, -0.05) is 11.6 Å². The Morgan fingerprint density at radius 1 is 1.40 bits per heavy atom. The Labute approximate surface area is 149 Å². The number of fused-ring (bicyclic) bond motifs is 1. The molecule has 0 aliphatic carbocycles. The fourth-order valence-corrected chi connectivity index (χ4v) is 2.68. The minimum atomic E-state index is -0.223. The number of carbonyl (C=O) groups excluding carboxylic acids is 1. The first kappa shape index (κ1) is 17.0. The second kappa shape index (κ2) is 6.94. The van der Waals surface area contributed by atoms with E-state index in [0.717, 1.165) is 5.39 Å². The van der Waals surface area contributed by atoms with Crippen LogP contribution in [0.25, 0.3) is 11.0 Å². The standard InChI is InChI=1S/C16H17ClN6O2/c1-22(15-11-7-20-23(2)16(11)19-9-18-15)8-14(24)21-12-6-10(17)4-5-13(12)25-3/h4-7,9H,8H2,1-3H3,(H,21,24). The van der Waals surface area contributed by atoms with Gasteiger partial charge in [0, 0.05) is 19.1 Å². The van der Waals surface area contributed by atoms with E-state index in [2.05, 4.69) is 20.4 Å². The number of nitrogens with one attached hydrogen (secondary N) is 1. The van der Waals surface area contributed by atoms with Gasteiger partial charge in [0.05, 0.1) is 30.9 Å². The predicted molar refractivity (Wildman–Crippen MR) is 96.2 cm³/mol. The molecule has 1 aromatic carbocycles. The second-order valence-corrected chi connectivity index (χ2v) is 5.89. The third-order valence-corrected chi connectivity index (χ3v) is 3.92. The number of halogens is 1. The van der Waals surface area contributed by atoms with Crippen LogP contribution in [0, 0.1) is 0 Å². The average Bonchev–Trinajstić information content (AvgIpc) is 2.96. The molecule has 25 heavy (non-hydrogen) atoms. The molecule has 0 spiro atoms. The molecular formula is C16H17ClN6O2. The average molecular weight is 361 g/mol. The molecule has 0 bridgehead atoms. The summed E-state index contributed by atoms with van der Waals surface area (Å²) in [5.74, 6) is 0.946. The summed E-state index contributed by atoms with van der Waals surface area (Å²) in [6, 6.07) is 5.04. The number of anilines is 2. The van der Waals surface area contributed by atoms with E-state index < -0.39 is 0 Å². The van der Waals surface area contributed by atoms with Crippen LogP contribution in [-0.4, -0.2) is 46.4 Å². The van der Waals surface area contributed by atoms with Gasteiger partial charge in [-0.3, -0.25) is 9.48 Å². The number of hydrogen-bond donors (Lipinski definition) is 1. The molecule has 0 saturated carbocycles. The van der Waals surface area contributed by atoms with Crippen LogP contribution in [0.4, 0.5) is 11.5 Å².